The lowest BCUT2D eigenvalue weighted by atomic mass is 10.1. The number of ether oxygens (including phenoxy) is 6. The molecule has 0 aliphatic carbocycles. The van der Waals surface area contributed by atoms with Crippen molar-refractivity contribution in [1.82, 2.24) is 0 Å². The van der Waals surface area contributed by atoms with Crippen LogP contribution in [0.5, 0.6) is 11.5 Å². The standard InChI is InChI=1S/C30H47NO10/c1-10-29(6,7)40-27(34)38-23-14-13-21(17-24(23)39-28(35)41-30(8,9)11-2)16-22(31)26(33)37-20(5)18-36-25(32)15-12-19(3)4/h13-14,17,19-20,22H,10-12,15-16,18,31H2,1-9H3/t20-,22-/m0/s1. The maximum atomic E-state index is 12.6. The maximum Gasteiger partial charge on any atom is 0.514 e. The predicted octanol–water partition coefficient (Wildman–Crippen LogP) is 5.88. The van der Waals surface area contributed by atoms with Crippen LogP contribution in [0.15, 0.2) is 18.2 Å². The Hall–Kier alpha value is -3.34. The van der Waals surface area contributed by atoms with Crippen molar-refractivity contribution in [2.24, 2.45) is 11.7 Å². The molecular formula is C30H47NO10. The topological polar surface area (TPSA) is 150 Å². The third kappa shape index (κ3) is 14.2. The summed E-state index contributed by atoms with van der Waals surface area (Å²) < 4.78 is 31.9. The number of nitrogens with two attached hydrogens (primary N) is 1. The van der Waals surface area contributed by atoms with Crippen LogP contribution < -0.4 is 15.2 Å². The van der Waals surface area contributed by atoms with Crippen molar-refractivity contribution in [2.75, 3.05) is 6.61 Å². The van der Waals surface area contributed by atoms with Gasteiger partial charge >= 0.3 is 24.2 Å². The van der Waals surface area contributed by atoms with Gasteiger partial charge in [0.25, 0.3) is 0 Å². The molecule has 0 heterocycles. The largest absolute Gasteiger partial charge is 0.514 e. The van der Waals surface area contributed by atoms with Crippen LogP contribution in [0.4, 0.5) is 9.59 Å². The van der Waals surface area contributed by atoms with E-state index in [1.165, 1.54) is 12.1 Å². The van der Waals surface area contributed by atoms with E-state index in [9.17, 15) is 19.2 Å². The first-order valence-corrected chi connectivity index (χ1v) is 14.0. The molecule has 41 heavy (non-hydrogen) atoms. The van der Waals surface area contributed by atoms with Crippen LogP contribution in [-0.2, 0) is 35.0 Å². The Morgan fingerprint density at radius 3 is 1.90 bits per heavy atom. The van der Waals surface area contributed by atoms with E-state index < -0.39 is 41.6 Å². The Kier molecular flexibility index (Phi) is 14.1. The average molecular weight is 582 g/mol. The third-order valence-corrected chi connectivity index (χ3v) is 6.30. The lowest BCUT2D eigenvalue weighted by Crippen LogP contribution is -2.37. The summed E-state index contributed by atoms with van der Waals surface area (Å²) in [6.07, 6.45) is -0.566. The molecule has 1 aromatic rings. The van der Waals surface area contributed by atoms with Crippen LogP contribution >= 0.6 is 0 Å². The molecule has 2 N–H and O–H groups in total. The molecule has 11 nitrogen and oxygen atoms in total. The third-order valence-electron chi connectivity index (χ3n) is 6.30. The number of rotatable bonds is 15. The minimum Gasteiger partial charge on any atom is -0.462 e. The van der Waals surface area contributed by atoms with Gasteiger partial charge in [-0.25, -0.2) is 9.59 Å². The maximum absolute atomic E-state index is 12.6. The molecule has 0 aliphatic heterocycles. The molecule has 0 fully saturated rings. The van der Waals surface area contributed by atoms with Crippen LogP contribution in [0, 0.1) is 5.92 Å². The van der Waals surface area contributed by atoms with Gasteiger partial charge in [0.2, 0.25) is 0 Å². The summed E-state index contributed by atoms with van der Waals surface area (Å²) in [4.78, 5) is 49.3. The molecular weight excluding hydrogens is 534 g/mol. The lowest BCUT2D eigenvalue weighted by molar-refractivity contribution is -0.159. The first-order chi connectivity index (χ1) is 19.0. The van der Waals surface area contributed by atoms with Crippen molar-refractivity contribution >= 4 is 24.2 Å². The zero-order valence-corrected chi connectivity index (χ0v) is 25.9. The predicted molar refractivity (Wildman–Crippen MR) is 152 cm³/mol. The molecule has 1 rings (SSSR count). The summed E-state index contributed by atoms with van der Waals surface area (Å²) in [5, 5.41) is 0. The number of esters is 2. The summed E-state index contributed by atoms with van der Waals surface area (Å²) in [6.45, 7) is 16.2. The molecule has 0 bridgehead atoms. The Labute approximate surface area is 243 Å². The summed E-state index contributed by atoms with van der Waals surface area (Å²) >= 11 is 0. The monoisotopic (exact) mass is 581 g/mol. The van der Waals surface area contributed by atoms with E-state index >= 15 is 0 Å². The van der Waals surface area contributed by atoms with Gasteiger partial charge in [-0.15, -0.1) is 0 Å². The highest BCUT2D eigenvalue weighted by Gasteiger charge is 2.27. The van der Waals surface area contributed by atoms with Gasteiger partial charge in [0.05, 0.1) is 0 Å². The zero-order chi connectivity index (χ0) is 31.4. The van der Waals surface area contributed by atoms with Crippen LogP contribution in [0.25, 0.3) is 0 Å². The van der Waals surface area contributed by atoms with Gasteiger partial charge in [-0.1, -0.05) is 33.8 Å². The minimum absolute atomic E-state index is 0.0131. The van der Waals surface area contributed by atoms with Crippen molar-refractivity contribution in [2.45, 2.75) is 118 Å². The molecule has 232 valence electrons. The van der Waals surface area contributed by atoms with Crippen LogP contribution in [0.2, 0.25) is 0 Å². The first-order valence-electron chi connectivity index (χ1n) is 14.0. The summed E-state index contributed by atoms with van der Waals surface area (Å²) in [5.74, 6) is -0.885. The SMILES string of the molecule is CCC(C)(C)OC(=O)Oc1ccc(C[C@H](N)C(=O)O[C@@H](C)COC(=O)CCC(C)C)cc1OC(=O)OC(C)(C)CC. The Morgan fingerprint density at radius 2 is 1.39 bits per heavy atom. The zero-order valence-electron chi connectivity index (χ0n) is 25.9. The quantitative estimate of drug-likeness (QED) is 0.150. The molecule has 0 amide bonds. The molecule has 1 aromatic carbocycles. The van der Waals surface area contributed by atoms with Gasteiger partial charge < -0.3 is 34.2 Å². The lowest BCUT2D eigenvalue weighted by Gasteiger charge is -2.24. The molecule has 0 saturated heterocycles. The fraction of sp³-hybridized carbons (Fsp3) is 0.667. The van der Waals surface area contributed by atoms with Crippen LogP contribution in [0.3, 0.4) is 0 Å². The van der Waals surface area contributed by atoms with Gasteiger partial charge in [0.1, 0.15) is 30.0 Å². The minimum atomic E-state index is -1.07. The summed E-state index contributed by atoms with van der Waals surface area (Å²) in [5.41, 5.74) is 5.01. The molecule has 0 unspecified atom stereocenters. The highest BCUT2D eigenvalue weighted by atomic mass is 16.8. The van der Waals surface area contributed by atoms with E-state index in [2.05, 4.69) is 0 Å². The molecule has 0 aromatic heterocycles. The average Bonchev–Trinajstić information content (AvgIpc) is 2.86. The normalized spacial score (nSPS) is 13.1. The second-order valence-corrected chi connectivity index (χ2v) is 11.6. The van der Waals surface area contributed by atoms with E-state index in [-0.39, 0.29) is 30.5 Å². The van der Waals surface area contributed by atoms with Gasteiger partial charge in [-0.3, -0.25) is 9.59 Å². The number of carbonyl (C=O) groups excluding carboxylic acids is 4. The fourth-order valence-corrected chi connectivity index (χ4v) is 3.01. The van der Waals surface area contributed by atoms with Crippen molar-refractivity contribution in [3.8, 4) is 11.5 Å². The molecule has 0 spiro atoms. The second kappa shape index (κ2) is 16.2. The highest BCUT2D eigenvalue weighted by molar-refractivity contribution is 5.76. The van der Waals surface area contributed by atoms with E-state index in [1.807, 2.05) is 27.7 Å². The van der Waals surface area contributed by atoms with Crippen molar-refractivity contribution < 1.29 is 47.6 Å². The molecule has 2 atom stereocenters. The number of carbonyl (C=O) groups is 4. The van der Waals surface area contributed by atoms with Gasteiger partial charge in [-0.05, 0) is 83.9 Å². The van der Waals surface area contributed by atoms with Gasteiger partial charge in [0, 0.05) is 6.42 Å². The number of hydrogen-bond acceptors (Lipinski definition) is 11. The molecule has 0 aliphatic rings. The first kappa shape index (κ1) is 35.7. The molecule has 0 saturated carbocycles. The smallest absolute Gasteiger partial charge is 0.462 e. The second-order valence-electron chi connectivity index (χ2n) is 11.6. The van der Waals surface area contributed by atoms with Crippen molar-refractivity contribution in [3.63, 3.8) is 0 Å². The number of benzene rings is 1. The van der Waals surface area contributed by atoms with Gasteiger partial charge in [0.15, 0.2) is 11.5 Å². The van der Waals surface area contributed by atoms with Gasteiger partial charge in [-0.2, -0.15) is 0 Å². The highest BCUT2D eigenvalue weighted by Crippen LogP contribution is 2.31. The Morgan fingerprint density at radius 1 is 0.854 bits per heavy atom. The van der Waals surface area contributed by atoms with E-state index in [0.29, 0.717) is 37.2 Å². The van der Waals surface area contributed by atoms with E-state index in [4.69, 9.17) is 34.2 Å². The van der Waals surface area contributed by atoms with E-state index in [1.54, 1.807) is 40.7 Å². The summed E-state index contributed by atoms with van der Waals surface area (Å²) in [7, 11) is 0. The molecule has 0 radical (unpaired) electrons. The fourth-order valence-electron chi connectivity index (χ4n) is 3.01. The van der Waals surface area contributed by atoms with Crippen LogP contribution in [-0.4, -0.2) is 54.2 Å². The molecule has 11 heteroatoms. The summed E-state index contributed by atoms with van der Waals surface area (Å²) in [6, 6.07) is 3.31. The Bertz CT molecular complexity index is 1030. The van der Waals surface area contributed by atoms with Crippen molar-refractivity contribution in [1.29, 1.82) is 0 Å². The van der Waals surface area contributed by atoms with Crippen LogP contribution in [0.1, 0.15) is 93.6 Å². The van der Waals surface area contributed by atoms with Crippen molar-refractivity contribution in [3.05, 3.63) is 23.8 Å². The number of hydrogen-bond donors (Lipinski definition) is 1. The van der Waals surface area contributed by atoms with E-state index in [0.717, 1.165) is 0 Å². The Balaban J connectivity index is 2.95.